The van der Waals surface area contributed by atoms with Gasteiger partial charge in [0.25, 0.3) is 0 Å². The summed E-state index contributed by atoms with van der Waals surface area (Å²) in [7, 11) is 1.88. The van der Waals surface area contributed by atoms with E-state index in [4.69, 9.17) is 5.73 Å². The summed E-state index contributed by atoms with van der Waals surface area (Å²) >= 11 is 0. The van der Waals surface area contributed by atoms with Crippen molar-refractivity contribution in [1.82, 2.24) is 15.3 Å². The Balaban J connectivity index is 2.43. The van der Waals surface area contributed by atoms with E-state index in [1.54, 1.807) is 0 Å². The smallest absolute Gasteiger partial charge is 0.125 e. The number of likely N-dealkylation sites (N-methyl/N-ethyl adjacent to an activating group) is 1. The fourth-order valence-electron chi connectivity index (χ4n) is 1.69. The van der Waals surface area contributed by atoms with Crippen LogP contribution in [0.5, 0.6) is 0 Å². The third-order valence-corrected chi connectivity index (χ3v) is 2.51. The molecule has 0 saturated carbocycles. The number of fused-ring (bicyclic) bond motifs is 1. The van der Waals surface area contributed by atoms with Gasteiger partial charge in [-0.05, 0) is 25.6 Å². The Labute approximate surface area is 88.9 Å². The third kappa shape index (κ3) is 1.86. The van der Waals surface area contributed by atoms with Crippen LogP contribution >= 0.6 is 0 Å². The van der Waals surface area contributed by atoms with E-state index in [1.807, 2.05) is 19.2 Å². The number of nitrogens with two attached hydrogens (primary N) is 1. The molecule has 4 nitrogen and oxygen atoms in total. The number of H-pyrrole nitrogens is 1. The minimum absolute atomic E-state index is 0.0817. The van der Waals surface area contributed by atoms with E-state index in [0.717, 1.165) is 23.4 Å². The Morgan fingerprint density at radius 1 is 1.53 bits per heavy atom. The Hall–Kier alpha value is -1.39. The molecule has 0 aliphatic carbocycles. The summed E-state index contributed by atoms with van der Waals surface area (Å²) in [4.78, 5) is 7.76. The lowest BCUT2D eigenvalue weighted by molar-refractivity contribution is 0.626. The van der Waals surface area contributed by atoms with Gasteiger partial charge in [-0.25, -0.2) is 4.98 Å². The Kier molecular flexibility index (Phi) is 2.70. The molecule has 0 spiro atoms. The van der Waals surface area contributed by atoms with Crippen LogP contribution in [0.4, 0.5) is 0 Å². The van der Waals surface area contributed by atoms with Gasteiger partial charge in [0, 0.05) is 6.54 Å². The minimum Gasteiger partial charge on any atom is -0.341 e. The zero-order valence-electron chi connectivity index (χ0n) is 9.04. The van der Waals surface area contributed by atoms with Crippen LogP contribution in [0.25, 0.3) is 11.0 Å². The summed E-state index contributed by atoms with van der Waals surface area (Å²) in [6.45, 7) is 2.77. The number of imidazole rings is 1. The van der Waals surface area contributed by atoms with Crippen molar-refractivity contribution in [3.05, 3.63) is 29.6 Å². The molecule has 0 radical (unpaired) electrons. The van der Waals surface area contributed by atoms with Crippen LogP contribution in [0, 0.1) is 6.92 Å². The first-order valence-electron chi connectivity index (χ1n) is 5.08. The zero-order chi connectivity index (χ0) is 10.8. The topological polar surface area (TPSA) is 66.7 Å². The molecule has 1 heterocycles. The number of para-hydroxylation sites is 1. The predicted molar refractivity (Wildman–Crippen MR) is 61.7 cm³/mol. The minimum atomic E-state index is -0.0817. The van der Waals surface area contributed by atoms with E-state index in [-0.39, 0.29) is 6.04 Å². The van der Waals surface area contributed by atoms with Gasteiger partial charge in [-0.1, -0.05) is 12.1 Å². The fraction of sp³-hybridized carbons (Fsp3) is 0.364. The van der Waals surface area contributed by atoms with Gasteiger partial charge in [0.15, 0.2) is 0 Å². The van der Waals surface area contributed by atoms with E-state index < -0.39 is 0 Å². The number of nitrogens with one attached hydrogen (secondary N) is 2. The lowest BCUT2D eigenvalue weighted by atomic mass is 10.2. The Morgan fingerprint density at radius 2 is 2.33 bits per heavy atom. The van der Waals surface area contributed by atoms with Crippen LogP contribution in [0.3, 0.4) is 0 Å². The highest BCUT2D eigenvalue weighted by Gasteiger charge is 2.10. The van der Waals surface area contributed by atoms with E-state index in [2.05, 4.69) is 28.3 Å². The summed E-state index contributed by atoms with van der Waals surface area (Å²) in [6, 6.07) is 6.01. The summed E-state index contributed by atoms with van der Waals surface area (Å²) in [5.74, 6) is 0.841. The Morgan fingerprint density at radius 3 is 3.00 bits per heavy atom. The normalized spacial score (nSPS) is 13.3. The summed E-state index contributed by atoms with van der Waals surface area (Å²) in [6.07, 6.45) is 0. The van der Waals surface area contributed by atoms with Gasteiger partial charge in [0.1, 0.15) is 5.82 Å². The predicted octanol–water partition coefficient (Wildman–Crippen LogP) is 1.09. The van der Waals surface area contributed by atoms with E-state index in [1.165, 1.54) is 5.56 Å². The average molecular weight is 204 g/mol. The summed E-state index contributed by atoms with van der Waals surface area (Å²) in [5, 5.41) is 3.04. The van der Waals surface area contributed by atoms with Crippen molar-refractivity contribution in [3.8, 4) is 0 Å². The van der Waals surface area contributed by atoms with Crippen LogP contribution in [0.2, 0.25) is 0 Å². The molecule has 80 valence electrons. The number of nitrogens with zero attached hydrogens (tertiary/aromatic N) is 1. The van der Waals surface area contributed by atoms with Crippen LogP contribution in [0.15, 0.2) is 18.2 Å². The molecule has 0 saturated heterocycles. The van der Waals surface area contributed by atoms with Crippen molar-refractivity contribution in [1.29, 1.82) is 0 Å². The van der Waals surface area contributed by atoms with Gasteiger partial charge in [-0.15, -0.1) is 0 Å². The molecule has 0 aliphatic heterocycles. The number of benzene rings is 1. The first-order chi connectivity index (χ1) is 7.22. The average Bonchev–Trinajstić information content (AvgIpc) is 2.63. The molecule has 1 atom stereocenters. The highest BCUT2D eigenvalue weighted by molar-refractivity contribution is 5.78. The zero-order valence-corrected chi connectivity index (χ0v) is 9.04. The molecule has 1 aromatic carbocycles. The molecule has 0 bridgehead atoms. The lowest BCUT2D eigenvalue weighted by Gasteiger charge is -2.06. The molecular formula is C11H16N4. The lowest BCUT2D eigenvalue weighted by Crippen LogP contribution is -2.24. The van der Waals surface area contributed by atoms with Crippen molar-refractivity contribution in [3.63, 3.8) is 0 Å². The number of hydrogen-bond acceptors (Lipinski definition) is 3. The number of aromatic nitrogens is 2. The maximum Gasteiger partial charge on any atom is 0.125 e. The molecule has 1 unspecified atom stereocenters. The molecule has 1 aromatic heterocycles. The van der Waals surface area contributed by atoms with Crippen molar-refractivity contribution < 1.29 is 0 Å². The van der Waals surface area contributed by atoms with Gasteiger partial charge in [-0.2, -0.15) is 0 Å². The van der Waals surface area contributed by atoms with Crippen LogP contribution in [-0.4, -0.2) is 23.6 Å². The molecular weight excluding hydrogens is 188 g/mol. The SMILES string of the molecule is CNCC(N)c1nc2c(C)cccc2[nH]1. The van der Waals surface area contributed by atoms with Crippen LogP contribution in [-0.2, 0) is 0 Å². The molecule has 0 amide bonds. The Bertz CT molecular complexity index is 461. The maximum absolute atomic E-state index is 5.96. The van der Waals surface area contributed by atoms with Crippen molar-refractivity contribution in [2.75, 3.05) is 13.6 Å². The highest BCUT2D eigenvalue weighted by atomic mass is 15.0. The summed E-state index contributed by atoms with van der Waals surface area (Å²) in [5.41, 5.74) is 9.20. The molecule has 2 aromatic rings. The van der Waals surface area contributed by atoms with Crippen molar-refractivity contribution >= 4 is 11.0 Å². The molecule has 2 rings (SSSR count). The van der Waals surface area contributed by atoms with Crippen molar-refractivity contribution in [2.24, 2.45) is 5.73 Å². The second kappa shape index (κ2) is 4.00. The molecule has 15 heavy (non-hydrogen) atoms. The number of rotatable bonds is 3. The van der Waals surface area contributed by atoms with Crippen molar-refractivity contribution in [2.45, 2.75) is 13.0 Å². The fourth-order valence-corrected chi connectivity index (χ4v) is 1.69. The largest absolute Gasteiger partial charge is 0.341 e. The molecule has 0 aliphatic rings. The number of hydrogen-bond donors (Lipinski definition) is 3. The van der Waals surface area contributed by atoms with E-state index in [0.29, 0.717) is 0 Å². The molecule has 4 N–H and O–H groups in total. The van der Waals surface area contributed by atoms with Gasteiger partial charge in [0.2, 0.25) is 0 Å². The maximum atomic E-state index is 5.96. The van der Waals surface area contributed by atoms with E-state index in [9.17, 15) is 0 Å². The first-order valence-corrected chi connectivity index (χ1v) is 5.08. The van der Waals surface area contributed by atoms with Crippen LogP contribution in [0.1, 0.15) is 17.4 Å². The van der Waals surface area contributed by atoms with Gasteiger partial charge >= 0.3 is 0 Å². The second-order valence-electron chi connectivity index (χ2n) is 3.76. The van der Waals surface area contributed by atoms with Gasteiger partial charge < -0.3 is 16.0 Å². The van der Waals surface area contributed by atoms with E-state index >= 15 is 0 Å². The standard InChI is InChI=1S/C11H16N4/c1-7-4-3-5-9-10(7)15-11(14-9)8(12)6-13-2/h3-5,8,13H,6,12H2,1-2H3,(H,14,15). The highest BCUT2D eigenvalue weighted by Crippen LogP contribution is 2.17. The van der Waals surface area contributed by atoms with Crippen LogP contribution < -0.4 is 11.1 Å². The number of aromatic amines is 1. The third-order valence-electron chi connectivity index (χ3n) is 2.51. The molecule has 4 heteroatoms. The summed E-state index contributed by atoms with van der Waals surface area (Å²) < 4.78 is 0. The number of aryl methyl sites for hydroxylation is 1. The first kappa shape index (κ1) is 10.1. The molecule has 0 fully saturated rings. The quantitative estimate of drug-likeness (QED) is 0.701. The second-order valence-corrected chi connectivity index (χ2v) is 3.76. The monoisotopic (exact) mass is 204 g/mol. The van der Waals surface area contributed by atoms with Gasteiger partial charge in [-0.3, -0.25) is 0 Å². The van der Waals surface area contributed by atoms with Gasteiger partial charge in [0.05, 0.1) is 17.1 Å².